The van der Waals surface area contributed by atoms with E-state index in [4.69, 9.17) is 9.47 Å². The van der Waals surface area contributed by atoms with Crippen molar-refractivity contribution < 1.29 is 9.47 Å². The first kappa shape index (κ1) is 18.2. The molecule has 0 radical (unpaired) electrons. The molecule has 1 atom stereocenters. The maximum atomic E-state index is 9.31. The second-order valence-corrected chi connectivity index (χ2v) is 6.83. The number of para-hydroxylation sites is 1. The zero-order valence-corrected chi connectivity index (χ0v) is 15.0. The van der Waals surface area contributed by atoms with Crippen molar-refractivity contribution in [1.29, 1.82) is 5.26 Å². The van der Waals surface area contributed by atoms with Crippen LogP contribution in [0.5, 0.6) is 0 Å². The number of hydrogen-bond donors (Lipinski definition) is 0. The second kappa shape index (κ2) is 9.76. The summed E-state index contributed by atoms with van der Waals surface area (Å²) in [6.07, 6.45) is 5.63. The molecular formula is C20H29N3O2. The van der Waals surface area contributed by atoms with Crippen molar-refractivity contribution in [2.24, 2.45) is 0 Å². The lowest BCUT2D eigenvalue weighted by molar-refractivity contribution is -0.163. The van der Waals surface area contributed by atoms with Gasteiger partial charge in [0.15, 0.2) is 6.29 Å². The van der Waals surface area contributed by atoms with E-state index in [1.807, 2.05) is 18.2 Å². The SMILES string of the molecule is N#Cc1ccccc1N1CCCN(CCCO[C@H]2CCCCO2)CC1. The van der Waals surface area contributed by atoms with Gasteiger partial charge in [0.25, 0.3) is 0 Å². The number of hydrogen-bond acceptors (Lipinski definition) is 5. The summed E-state index contributed by atoms with van der Waals surface area (Å²) in [5.74, 6) is 0. The summed E-state index contributed by atoms with van der Waals surface area (Å²) in [6.45, 7) is 6.84. The van der Waals surface area contributed by atoms with Gasteiger partial charge in [-0.05, 0) is 50.8 Å². The fourth-order valence-electron chi connectivity index (χ4n) is 3.62. The quantitative estimate of drug-likeness (QED) is 0.743. The molecule has 0 spiro atoms. The van der Waals surface area contributed by atoms with E-state index in [0.717, 1.165) is 76.5 Å². The number of ether oxygens (including phenoxy) is 2. The van der Waals surface area contributed by atoms with Crippen molar-refractivity contribution in [1.82, 2.24) is 4.90 Å². The molecule has 0 N–H and O–H groups in total. The highest BCUT2D eigenvalue weighted by atomic mass is 16.7. The smallest absolute Gasteiger partial charge is 0.157 e. The van der Waals surface area contributed by atoms with Crippen molar-refractivity contribution in [2.45, 2.75) is 38.4 Å². The molecule has 5 nitrogen and oxygen atoms in total. The van der Waals surface area contributed by atoms with Gasteiger partial charge in [-0.3, -0.25) is 0 Å². The van der Waals surface area contributed by atoms with Crippen LogP contribution in [0.2, 0.25) is 0 Å². The molecule has 0 unspecified atom stereocenters. The summed E-state index contributed by atoms with van der Waals surface area (Å²) < 4.78 is 11.4. The van der Waals surface area contributed by atoms with E-state index in [1.54, 1.807) is 0 Å². The van der Waals surface area contributed by atoms with Crippen LogP contribution in [0.1, 0.15) is 37.7 Å². The zero-order chi connectivity index (χ0) is 17.3. The number of anilines is 1. The molecule has 0 amide bonds. The van der Waals surface area contributed by atoms with Crippen LogP contribution in [0.15, 0.2) is 24.3 Å². The molecule has 2 aliphatic heterocycles. The molecule has 2 fully saturated rings. The minimum absolute atomic E-state index is 0.0239. The Hall–Kier alpha value is -1.61. The summed E-state index contributed by atoms with van der Waals surface area (Å²) in [5, 5.41) is 9.31. The fourth-order valence-corrected chi connectivity index (χ4v) is 3.62. The standard InChI is InChI=1S/C20H29N3O2/c21-17-18-7-1-2-8-19(18)23-12-5-10-22(13-14-23)11-6-16-25-20-9-3-4-15-24-20/h1-2,7-8,20H,3-6,9-16H2/t20-/m0/s1. The summed E-state index contributed by atoms with van der Waals surface area (Å²) >= 11 is 0. The normalized spacial score (nSPS) is 22.4. The van der Waals surface area contributed by atoms with Crippen molar-refractivity contribution in [3.63, 3.8) is 0 Å². The monoisotopic (exact) mass is 343 g/mol. The maximum absolute atomic E-state index is 9.31. The van der Waals surface area contributed by atoms with Crippen molar-refractivity contribution >= 4 is 5.69 Å². The van der Waals surface area contributed by atoms with Crippen molar-refractivity contribution in [2.75, 3.05) is 50.8 Å². The fraction of sp³-hybridized carbons (Fsp3) is 0.650. The third-order valence-corrected chi connectivity index (χ3v) is 5.01. The highest BCUT2D eigenvalue weighted by Gasteiger charge is 2.17. The van der Waals surface area contributed by atoms with Gasteiger partial charge in [0.2, 0.25) is 0 Å². The Balaban J connectivity index is 1.40. The molecule has 25 heavy (non-hydrogen) atoms. The maximum Gasteiger partial charge on any atom is 0.157 e. The Kier molecular flexibility index (Phi) is 7.10. The second-order valence-electron chi connectivity index (χ2n) is 6.83. The molecular weight excluding hydrogens is 314 g/mol. The third kappa shape index (κ3) is 5.43. The molecule has 0 bridgehead atoms. The van der Waals surface area contributed by atoms with E-state index >= 15 is 0 Å². The van der Waals surface area contributed by atoms with Crippen LogP contribution in [-0.2, 0) is 9.47 Å². The van der Waals surface area contributed by atoms with Crippen molar-refractivity contribution in [3.8, 4) is 6.07 Å². The van der Waals surface area contributed by atoms with E-state index in [2.05, 4.69) is 21.9 Å². The lowest BCUT2D eigenvalue weighted by Gasteiger charge is -2.25. The minimum Gasteiger partial charge on any atom is -0.369 e. The Morgan fingerprint density at radius 1 is 1.12 bits per heavy atom. The summed E-state index contributed by atoms with van der Waals surface area (Å²) in [6, 6.07) is 10.2. The van der Waals surface area contributed by atoms with Gasteiger partial charge in [-0.15, -0.1) is 0 Å². The van der Waals surface area contributed by atoms with E-state index in [9.17, 15) is 5.26 Å². The molecule has 3 rings (SSSR count). The van der Waals surface area contributed by atoms with Crippen molar-refractivity contribution in [3.05, 3.63) is 29.8 Å². The molecule has 2 heterocycles. The van der Waals surface area contributed by atoms with Gasteiger partial charge in [0.1, 0.15) is 6.07 Å². The highest BCUT2D eigenvalue weighted by molar-refractivity contribution is 5.59. The van der Waals surface area contributed by atoms with E-state index in [-0.39, 0.29) is 6.29 Å². The predicted octanol–water partition coefficient (Wildman–Crippen LogP) is 3.00. The first-order chi connectivity index (χ1) is 12.4. The van der Waals surface area contributed by atoms with Gasteiger partial charge in [-0.25, -0.2) is 0 Å². The van der Waals surface area contributed by atoms with Gasteiger partial charge >= 0.3 is 0 Å². The van der Waals surface area contributed by atoms with Crippen LogP contribution in [-0.4, -0.2) is 57.1 Å². The van der Waals surface area contributed by atoms with Crippen LogP contribution in [0, 0.1) is 11.3 Å². The summed E-state index contributed by atoms with van der Waals surface area (Å²) in [4.78, 5) is 4.87. The van der Waals surface area contributed by atoms with Crippen LogP contribution in [0.4, 0.5) is 5.69 Å². The first-order valence-electron chi connectivity index (χ1n) is 9.56. The lowest BCUT2D eigenvalue weighted by Crippen LogP contribution is -2.32. The van der Waals surface area contributed by atoms with Crippen LogP contribution in [0.25, 0.3) is 0 Å². The van der Waals surface area contributed by atoms with E-state index < -0.39 is 0 Å². The first-order valence-corrected chi connectivity index (χ1v) is 9.56. The molecule has 0 aliphatic carbocycles. The third-order valence-electron chi connectivity index (χ3n) is 5.01. The molecule has 0 saturated carbocycles. The van der Waals surface area contributed by atoms with Gasteiger partial charge in [-0.2, -0.15) is 5.26 Å². The Bertz CT molecular complexity index is 566. The Morgan fingerprint density at radius 2 is 2.04 bits per heavy atom. The Labute approximate surface area is 151 Å². The number of nitrogens with zero attached hydrogens (tertiary/aromatic N) is 3. The average molecular weight is 343 g/mol. The molecule has 136 valence electrons. The molecule has 0 aromatic heterocycles. The van der Waals surface area contributed by atoms with Gasteiger partial charge in [0, 0.05) is 32.8 Å². The predicted molar refractivity (Wildman–Crippen MR) is 98.6 cm³/mol. The van der Waals surface area contributed by atoms with E-state index in [1.165, 1.54) is 12.8 Å². The molecule has 2 aliphatic rings. The lowest BCUT2D eigenvalue weighted by atomic mass is 10.1. The van der Waals surface area contributed by atoms with Crippen LogP contribution >= 0.6 is 0 Å². The van der Waals surface area contributed by atoms with Gasteiger partial charge in [0.05, 0.1) is 17.9 Å². The molecule has 2 saturated heterocycles. The van der Waals surface area contributed by atoms with E-state index in [0.29, 0.717) is 0 Å². The minimum atomic E-state index is 0.0239. The molecule has 1 aromatic carbocycles. The number of nitriles is 1. The highest BCUT2D eigenvalue weighted by Crippen LogP contribution is 2.21. The van der Waals surface area contributed by atoms with Gasteiger partial charge < -0.3 is 19.3 Å². The van der Waals surface area contributed by atoms with Crippen LogP contribution < -0.4 is 4.90 Å². The zero-order valence-electron chi connectivity index (χ0n) is 15.0. The molecule has 1 aromatic rings. The molecule has 5 heteroatoms. The number of rotatable bonds is 6. The van der Waals surface area contributed by atoms with Gasteiger partial charge in [-0.1, -0.05) is 12.1 Å². The largest absolute Gasteiger partial charge is 0.369 e. The van der Waals surface area contributed by atoms with Crippen LogP contribution in [0.3, 0.4) is 0 Å². The topological polar surface area (TPSA) is 48.7 Å². The summed E-state index contributed by atoms with van der Waals surface area (Å²) in [5.41, 5.74) is 1.85. The summed E-state index contributed by atoms with van der Waals surface area (Å²) in [7, 11) is 0. The average Bonchev–Trinajstić information content (AvgIpc) is 2.92. The Morgan fingerprint density at radius 3 is 2.88 bits per heavy atom. The number of benzene rings is 1.